The number of hydrogen-bond acceptors (Lipinski definition) is 5. The van der Waals surface area contributed by atoms with Gasteiger partial charge in [0.1, 0.15) is 12.3 Å². The molecule has 0 bridgehead atoms. The molecule has 0 amide bonds. The Kier molecular flexibility index (Phi) is 2.84. The van der Waals surface area contributed by atoms with Gasteiger partial charge in [-0.05, 0) is 18.8 Å². The Morgan fingerprint density at radius 1 is 1.59 bits per heavy atom. The molecule has 0 unspecified atom stereocenters. The molecular formula is C9H9ClN4O3. The predicted octanol–water partition coefficient (Wildman–Crippen LogP) is 2.10. The predicted molar refractivity (Wildman–Crippen MR) is 59.0 cm³/mol. The van der Waals surface area contributed by atoms with E-state index in [9.17, 15) is 10.1 Å². The first-order chi connectivity index (χ1) is 7.97. The number of aryl methyl sites for hydroxylation is 2. The monoisotopic (exact) mass is 256 g/mol. The summed E-state index contributed by atoms with van der Waals surface area (Å²) in [5, 5.41) is 14.3. The lowest BCUT2D eigenvalue weighted by Gasteiger charge is -1.90. The van der Waals surface area contributed by atoms with E-state index in [1.807, 2.05) is 6.92 Å². The van der Waals surface area contributed by atoms with Gasteiger partial charge in [0.05, 0.1) is 17.0 Å². The van der Waals surface area contributed by atoms with E-state index in [1.165, 1.54) is 10.9 Å². The number of rotatable bonds is 3. The van der Waals surface area contributed by atoms with Crippen LogP contribution in [-0.4, -0.2) is 19.7 Å². The smallest absolute Gasteiger partial charge is 0.408 e. The minimum Gasteiger partial charge on any atom is -0.444 e. The van der Waals surface area contributed by atoms with Crippen molar-refractivity contribution < 1.29 is 9.34 Å². The van der Waals surface area contributed by atoms with Gasteiger partial charge in [0.15, 0.2) is 5.02 Å². The van der Waals surface area contributed by atoms with Crippen LogP contribution in [0.15, 0.2) is 10.6 Å². The molecule has 17 heavy (non-hydrogen) atoms. The molecule has 90 valence electrons. The molecule has 0 aliphatic heterocycles. The fourth-order valence-electron chi connectivity index (χ4n) is 1.34. The summed E-state index contributed by atoms with van der Waals surface area (Å²) in [6, 6.07) is 0. The average Bonchev–Trinajstić information content (AvgIpc) is 2.72. The Labute approximate surface area is 101 Å². The van der Waals surface area contributed by atoms with Crippen molar-refractivity contribution in [3.63, 3.8) is 0 Å². The van der Waals surface area contributed by atoms with Crippen molar-refractivity contribution in [3.8, 4) is 0 Å². The van der Waals surface area contributed by atoms with E-state index in [4.69, 9.17) is 16.0 Å². The third-order valence-electron chi connectivity index (χ3n) is 2.24. The van der Waals surface area contributed by atoms with Crippen LogP contribution in [0.25, 0.3) is 0 Å². The Bertz CT molecular complexity index is 555. The highest BCUT2D eigenvalue weighted by Crippen LogP contribution is 2.21. The summed E-state index contributed by atoms with van der Waals surface area (Å²) in [5.41, 5.74) is 0.785. The standard InChI is InChI=1S/C9H9ClN4O3/c1-5-6(2)17-8(11-5)4-13-3-7(10)9(12-13)14(15)16/h3H,4H2,1-2H3. The van der Waals surface area contributed by atoms with E-state index in [1.54, 1.807) is 6.92 Å². The summed E-state index contributed by atoms with van der Waals surface area (Å²) in [4.78, 5) is 14.1. The average molecular weight is 257 g/mol. The summed E-state index contributed by atoms with van der Waals surface area (Å²) in [6.45, 7) is 3.83. The Morgan fingerprint density at radius 2 is 2.29 bits per heavy atom. The van der Waals surface area contributed by atoms with Gasteiger partial charge in [-0.3, -0.25) is 0 Å². The number of nitrogens with zero attached hydrogens (tertiary/aromatic N) is 4. The van der Waals surface area contributed by atoms with Crippen LogP contribution in [0.4, 0.5) is 5.82 Å². The molecule has 0 aliphatic rings. The molecule has 0 aliphatic carbocycles. The van der Waals surface area contributed by atoms with Gasteiger partial charge in [-0.15, -0.1) is 0 Å². The molecule has 2 aromatic heterocycles. The fourth-order valence-corrected chi connectivity index (χ4v) is 1.56. The van der Waals surface area contributed by atoms with Gasteiger partial charge in [-0.1, -0.05) is 11.6 Å². The Morgan fingerprint density at radius 3 is 2.76 bits per heavy atom. The van der Waals surface area contributed by atoms with Crippen molar-refractivity contribution in [2.75, 3.05) is 0 Å². The number of halogens is 1. The van der Waals surface area contributed by atoms with Crippen LogP contribution in [0, 0.1) is 24.0 Å². The van der Waals surface area contributed by atoms with Crippen molar-refractivity contribution in [2.45, 2.75) is 20.4 Å². The third-order valence-corrected chi connectivity index (χ3v) is 2.51. The minimum atomic E-state index is -0.634. The van der Waals surface area contributed by atoms with Gasteiger partial charge >= 0.3 is 5.82 Å². The molecule has 0 N–H and O–H groups in total. The fraction of sp³-hybridized carbons (Fsp3) is 0.333. The van der Waals surface area contributed by atoms with Crippen LogP contribution in [-0.2, 0) is 6.54 Å². The summed E-state index contributed by atoms with van der Waals surface area (Å²) < 4.78 is 6.67. The maximum atomic E-state index is 10.6. The maximum Gasteiger partial charge on any atom is 0.408 e. The van der Waals surface area contributed by atoms with Crippen LogP contribution in [0.1, 0.15) is 17.3 Å². The van der Waals surface area contributed by atoms with Gasteiger partial charge in [-0.25, -0.2) is 4.98 Å². The number of nitro groups is 1. The zero-order valence-electron chi connectivity index (χ0n) is 9.18. The van der Waals surface area contributed by atoms with Crippen molar-refractivity contribution in [1.82, 2.24) is 14.8 Å². The second-order valence-corrected chi connectivity index (χ2v) is 3.91. The zero-order valence-corrected chi connectivity index (χ0v) is 9.93. The minimum absolute atomic E-state index is 0.00463. The number of hydrogen-bond donors (Lipinski definition) is 0. The molecule has 0 atom stereocenters. The van der Waals surface area contributed by atoms with E-state index >= 15 is 0 Å². The highest BCUT2D eigenvalue weighted by Gasteiger charge is 2.20. The molecule has 7 nitrogen and oxygen atoms in total. The molecule has 0 aromatic carbocycles. The summed E-state index contributed by atoms with van der Waals surface area (Å²) in [7, 11) is 0. The summed E-state index contributed by atoms with van der Waals surface area (Å²) in [5.74, 6) is 0.786. The normalized spacial score (nSPS) is 10.8. The SMILES string of the molecule is Cc1nc(Cn2cc(Cl)c([N+](=O)[O-])n2)oc1C. The summed E-state index contributed by atoms with van der Waals surface area (Å²) >= 11 is 5.67. The van der Waals surface area contributed by atoms with Gasteiger partial charge in [0.25, 0.3) is 0 Å². The molecule has 2 heterocycles. The highest BCUT2D eigenvalue weighted by molar-refractivity contribution is 6.32. The number of aromatic nitrogens is 3. The molecule has 2 aromatic rings. The lowest BCUT2D eigenvalue weighted by atomic mass is 10.4. The van der Waals surface area contributed by atoms with Crippen LogP contribution in [0.2, 0.25) is 5.02 Å². The lowest BCUT2D eigenvalue weighted by molar-refractivity contribution is -0.389. The van der Waals surface area contributed by atoms with Crippen LogP contribution < -0.4 is 0 Å². The molecule has 0 fully saturated rings. The molecule has 2 rings (SSSR count). The third kappa shape index (κ3) is 2.28. The molecule has 8 heteroatoms. The Balaban J connectivity index is 2.24. The van der Waals surface area contributed by atoms with Crippen molar-refractivity contribution in [1.29, 1.82) is 0 Å². The maximum absolute atomic E-state index is 10.6. The van der Waals surface area contributed by atoms with Crippen LogP contribution >= 0.6 is 11.6 Å². The van der Waals surface area contributed by atoms with Crippen LogP contribution in [0.3, 0.4) is 0 Å². The highest BCUT2D eigenvalue weighted by atomic mass is 35.5. The quantitative estimate of drug-likeness (QED) is 0.620. The second-order valence-electron chi connectivity index (χ2n) is 3.50. The zero-order chi connectivity index (χ0) is 12.6. The van der Waals surface area contributed by atoms with Crippen molar-refractivity contribution >= 4 is 17.4 Å². The van der Waals surface area contributed by atoms with Gasteiger partial charge in [-0.2, -0.15) is 4.68 Å². The largest absolute Gasteiger partial charge is 0.444 e. The van der Waals surface area contributed by atoms with Gasteiger partial charge < -0.3 is 14.5 Å². The lowest BCUT2D eigenvalue weighted by Crippen LogP contribution is -2.01. The van der Waals surface area contributed by atoms with Crippen LogP contribution in [0.5, 0.6) is 0 Å². The second kappa shape index (κ2) is 4.17. The first-order valence-corrected chi connectivity index (χ1v) is 5.15. The molecule has 0 spiro atoms. The van der Waals surface area contributed by atoms with E-state index in [2.05, 4.69) is 10.1 Å². The van der Waals surface area contributed by atoms with E-state index in [-0.39, 0.29) is 17.4 Å². The van der Waals surface area contributed by atoms with E-state index < -0.39 is 4.92 Å². The van der Waals surface area contributed by atoms with Crippen molar-refractivity contribution in [2.24, 2.45) is 0 Å². The van der Waals surface area contributed by atoms with E-state index in [0.29, 0.717) is 11.7 Å². The van der Waals surface area contributed by atoms with Gasteiger partial charge in [0.2, 0.25) is 5.89 Å². The number of oxazole rings is 1. The molecular weight excluding hydrogens is 248 g/mol. The molecule has 0 saturated heterocycles. The van der Waals surface area contributed by atoms with Gasteiger partial charge in [0, 0.05) is 0 Å². The Hall–Kier alpha value is -1.89. The topological polar surface area (TPSA) is 87.0 Å². The molecule has 0 radical (unpaired) electrons. The summed E-state index contributed by atoms with van der Waals surface area (Å²) in [6.07, 6.45) is 1.37. The van der Waals surface area contributed by atoms with E-state index in [0.717, 1.165) is 5.69 Å². The molecule has 0 saturated carbocycles. The first-order valence-electron chi connectivity index (χ1n) is 4.77. The first kappa shape index (κ1) is 11.6. The van der Waals surface area contributed by atoms with Crippen molar-refractivity contribution in [3.05, 3.63) is 38.7 Å².